The van der Waals surface area contributed by atoms with E-state index in [-0.39, 0.29) is 6.42 Å². The topological polar surface area (TPSA) is 46.5 Å². The maximum Gasteiger partial charge on any atom is 0.303 e. The predicted octanol–water partition coefficient (Wildman–Crippen LogP) is 2.06. The van der Waals surface area contributed by atoms with Crippen LogP contribution in [0.3, 0.4) is 0 Å². The minimum absolute atomic E-state index is 0.270. The summed E-state index contributed by atoms with van der Waals surface area (Å²) in [5.41, 5.74) is 0. The molecule has 0 aromatic heterocycles. The van der Waals surface area contributed by atoms with Crippen LogP contribution < -0.4 is 0 Å². The van der Waals surface area contributed by atoms with Gasteiger partial charge in [0.15, 0.2) is 0 Å². The highest BCUT2D eigenvalue weighted by atomic mass is 16.5. The van der Waals surface area contributed by atoms with E-state index in [0.29, 0.717) is 0 Å². The van der Waals surface area contributed by atoms with Gasteiger partial charge in [-0.3, -0.25) is 4.79 Å². The van der Waals surface area contributed by atoms with Crippen molar-refractivity contribution in [3.63, 3.8) is 0 Å². The van der Waals surface area contributed by atoms with Crippen LogP contribution in [0, 0.1) is 5.92 Å². The van der Waals surface area contributed by atoms with E-state index in [0.717, 1.165) is 32.0 Å². The zero-order valence-corrected chi connectivity index (χ0v) is 8.00. The minimum atomic E-state index is -0.710. The van der Waals surface area contributed by atoms with E-state index in [1.54, 1.807) is 0 Å². The number of carbonyl (C=O) groups is 1. The Morgan fingerprint density at radius 3 is 2.69 bits per heavy atom. The van der Waals surface area contributed by atoms with Gasteiger partial charge in [-0.1, -0.05) is 12.8 Å². The molecule has 0 bridgehead atoms. The van der Waals surface area contributed by atoms with Crippen LogP contribution in [0.2, 0.25) is 0 Å². The molecule has 0 unspecified atom stereocenters. The van der Waals surface area contributed by atoms with E-state index in [1.807, 2.05) is 0 Å². The molecule has 1 aliphatic carbocycles. The summed E-state index contributed by atoms with van der Waals surface area (Å²) in [6, 6.07) is 0. The Bertz CT molecular complexity index is 152. The van der Waals surface area contributed by atoms with Crippen molar-refractivity contribution in [1.82, 2.24) is 0 Å². The Morgan fingerprint density at radius 2 is 2.08 bits per heavy atom. The molecule has 0 aromatic rings. The summed E-state index contributed by atoms with van der Waals surface area (Å²) >= 11 is 0. The standard InChI is InChI=1S/C10H18O3/c11-10(12)3-1-2-7-13-8-6-9-4-5-9/h9H,1-8H2,(H,11,12). The van der Waals surface area contributed by atoms with Crippen LogP contribution in [0.15, 0.2) is 0 Å². The largest absolute Gasteiger partial charge is 0.481 e. The molecule has 76 valence electrons. The number of carboxylic acid groups (broad SMARTS) is 1. The van der Waals surface area contributed by atoms with Gasteiger partial charge in [-0.25, -0.2) is 0 Å². The molecule has 0 radical (unpaired) electrons. The normalized spacial score (nSPS) is 16.0. The summed E-state index contributed by atoms with van der Waals surface area (Å²) in [5.74, 6) is 0.219. The molecule has 1 rings (SSSR count). The summed E-state index contributed by atoms with van der Waals surface area (Å²) in [5, 5.41) is 8.36. The maximum atomic E-state index is 10.1. The molecule has 0 aromatic carbocycles. The molecule has 1 N–H and O–H groups in total. The van der Waals surface area contributed by atoms with Gasteiger partial charge in [-0.2, -0.15) is 0 Å². The van der Waals surface area contributed by atoms with Crippen molar-refractivity contribution in [2.24, 2.45) is 5.92 Å². The van der Waals surface area contributed by atoms with Crippen molar-refractivity contribution in [2.75, 3.05) is 13.2 Å². The van der Waals surface area contributed by atoms with Crippen molar-refractivity contribution in [2.45, 2.75) is 38.5 Å². The molecule has 1 aliphatic rings. The Balaban J connectivity index is 1.70. The third kappa shape index (κ3) is 6.58. The van der Waals surface area contributed by atoms with Gasteiger partial charge in [0.05, 0.1) is 0 Å². The summed E-state index contributed by atoms with van der Waals surface area (Å²) in [7, 11) is 0. The van der Waals surface area contributed by atoms with Crippen LogP contribution in [0.4, 0.5) is 0 Å². The zero-order valence-electron chi connectivity index (χ0n) is 8.00. The number of ether oxygens (including phenoxy) is 1. The molecule has 0 aliphatic heterocycles. The predicted molar refractivity (Wildman–Crippen MR) is 49.6 cm³/mol. The van der Waals surface area contributed by atoms with Crippen LogP contribution in [0.5, 0.6) is 0 Å². The third-order valence-corrected chi connectivity index (χ3v) is 2.30. The van der Waals surface area contributed by atoms with E-state index in [4.69, 9.17) is 9.84 Å². The highest BCUT2D eigenvalue weighted by Gasteiger charge is 2.20. The third-order valence-electron chi connectivity index (χ3n) is 2.30. The molecule has 0 heterocycles. The second-order valence-corrected chi connectivity index (χ2v) is 3.70. The average molecular weight is 186 g/mol. The van der Waals surface area contributed by atoms with Crippen molar-refractivity contribution < 1.29 is 14.6 Å². The number of hydrogen-bond donors (Lipinski definition) is 1. The first-order chi connectivity index (χ1) is 6.29. The van der Waals surface area contributed by atoms with E-state index < -0.39 is 5.97 Å². The molecule has 0 spiro atoms. The fourth-order valence-electron chi connectivity index (χ4n) is 1.24. The second kappa shape index (κ2) is 5.97. The molecule has 1 saturated carbocycles. The fraction of sp³-hybridized carbons (Fsp3) is 0.900. The number of unbranched alkanes of at least 4 members (excludes halogenated alkanes) is 1. The Kier molecular flexibility index (Phi) is 4.83. The van der Waals surface area contributed by atoms with E-state index in [9.17, 15) is 4.79 Å². The van der Waals surface area contributed by atoms with Crippen LogP contribution in [0.1, 0.15) is 38.5 Å². The second-order valence-electron chi connectivity index (χ2n) is 3.70. The van der Waals surface area contributed by atoms with Crippen LogP contribution in [-0.4, -0.2) is 24.3 Å². The van der Waals surface area contributed by atoms with Crippen LogP contribution in [0.25, 0.3) is 0 Å². The summed E-state index contributed by atoms with van der Waals surface area (Å²) in [4.78, 5) is 10.1. The highest BCUT2D eigenvalue weighted by molar-refractivity contribution is 5.66. The first-order valence-electron chi connectivity index (χ1n) is 5.08. The lowest BCUT2D eigenvalue weighted by atomic mass is 10.2. The molecule has 13 heavy (non-hydrogen) atoms. The lowest BCUT2D eigenvalue weighted by Crippen LogP contribution is -2.00. The van der Waals surface area contributed by atoms with Gasteiger partial charge in [-0.15, -0.1) is 0 Å². The molecule has 3 nitrogen and oxygen atoms in total. The monoisotopic (exact) mass is 186 g/mol. The molecular weight excluding hydrogens is 168 g/mol. The summed E-state index contributed by atoms with van der Waals surface area (Å²) in [6.45, 7) is 1.58. The van der Waals surface area contributed by atoms with Gasteiger partial charge in [0.1, 0.15) is 0 Å². The smallest absolute Gasteiger partial charge is 0.303 e. The Labute approximate surface area is 79.1 Å². The van der Waals surface area contributed by atoms with Gasteiger partial charge < -0.3 is 9.84 Å². The minimum Gasteiger partial charge on any atom is -0.481 e. The van der Waals surface area contributed by atoms with Crippen molar-refractivity contribution in [1.29, 1.82) is 0 Å². The van der Waals surface area contributed by atoms with Gasteiger partial charge in [-0.05, 0) is 25.2 Å². The highest BCUT2D eigenvalue weighted by Crippen LogP contribution is 2.32. The van der Waals surface area contributed by atoms with Crippen molar-refractivity contribution in [3.8, 4) is 0 Å². The molecule has 0 atom stereocenters. The average Bonchev–Trinajstić information content (AvgIpc) is 2.86. The molecular formula is C10H18O3. The molecule has 0 amide bonds. The van der Waals surface area contributed by atoms with Gasteiger partial charge >= 0.3 is 5.97 Å². The van der Waals surface area contributed by atoms with Gasteiger partial charge in [0.2, 0.25) is 0 Å². The number of hydrogen-bond acceptors (Lipinski definition) is 2. The van der Waals surface area contributed by atoms with E-state index in [1.165, 1.54) is 19.3 Å². The lowest BCUT2D eigenvalue weighted by Gasteiger charge is -2.01. The summed E-state index contributed by atoms with van der Waals surface area (Å²) < 4.78 is 5.37. The molecule has 0 saturated heterocycles. The maximum absolute atomic E-state index is 10.1. The number of aliphatic carboxylic acids is 1. The Hall–Kier alpha value is -0.570. The van der Waals surface area contributed by atoms with Gasteiger partial charge in [0.25, 0.3) is 0 Å². The lowest BCUT2D eigenvalue weighted by molar-refractivity contribution is -0.137. The quantitative estimate of drug-likeness (QED) is 0.590. The van der Waals surface area contributed by atoms with Crippen LogP contribution >= 0.6 is 0 Å². The SMILES string of the molecule is O=C(O)CCCCOCCC1CC1. The number of rotatable bonds is 8. The number of carboxylic acids is 1. The van der Waals surface area contributed by atoms with Crippen molar-refractivity contribution >= 4 is 5.97 Å². The van der Waals surface area contributed by atoms with Gasteiger partial charge in [0, 0.05) is 19.6 Å². The van der Waals surface area contributed by atoms with Crippen LogP contribution in [-0.2, 0) is 9.53 Å². The zero-order chi connectivity index (χ0) is 9.52. The van der Waals surface area contributed by atoms with E-state index >= 15 is 0 Å². The van der Waals surface area contributed by atoms with E-state index in [2.05, 4.69) is 0 Å². The first kappa shape index (κ1) is 10.5. The first-order valence-corrected chi connectivity index (χ1v) is 5.08. The van der Waals surface area contributed by atoms with Crippen molar-refractivity contribution in [3.05, 3.63) is 0 Å². The fourth-order valence-corrected chi connectivity index (χ4v) is 1.24. The summed E-state index contributed by atoms with van der Waals surface area (Å²) in [6.07, 6.45) is 5.82. The Morgan fingerprint density at radius 1 is 1.31 bits per heavy atom. The molecule has 1 fully saturated rings. The molecule has 3 heteroatoms.